The number of benzene rings is 2. The van der Waals surface area contributed by atoms with Crippen molar-refractivity contribution >= 4 is 34.2 Å². The van der Waals surface area contributed by atoms with Crippen LogP contribution in [0.4, 0.5) is 0 Å². The number of amides is 2. The van der Waals surface area contributed by atoms with Gasteiger partial charge >= 0.3 is 0 Å². The van der Waals surface area contributed by atoms with Crippen LogP contribution < -0.4 is 5.32 Å². The molecular formula is C28H31N5O3S. The van der Waals surface area contributed by atoms with Gasteiger partial charge < -0.3 is 15.0 Å². The molecule has 2 atom stereocenters. The van der Waals surface area contributed by atoms with Crippen molar-refractivity contribution in [2.75, 3.05) is 19.7 Å². The Morgan fingerprint density at radius 2 is 2.00 bits per heavy atom. The largest absolute Gasteiger partial charge is 0.376 e. The average Bonchev–Trinajstić information content (AvgIpc) is 3.69. The van der Waals surface area contributed by atoms with Gasteiger partial charge in [-0.1, -0.05) is 47.7 Å². The molecule has 3 heterocycles. The van der Waals surface area contributed by atoms with E-state index in [1.807, 2.05) is 53.9 Å². The molecule has 0 saturated carbocycles. The number of nitrogens with one attached hydrogen (secondary N) is 1. The number of para-hydroxylation sites is 1. The van der Waals surface area contributed by atoms with Crippen LogP contribution in [-0.4, -0.2) is 57.5 Å². The van der Waals surface area contributed by atoms with E-state index in [0.717, 1.165) is 46.5 Å². The van der Waals surface area contributed by atoms with Crippen LogP contribution in [0.5, 0.6) is 0 Å². The molecule has 2 aromatic heterocycles. The third-order valence-corrected chi connectivity index (χ3v) is 7.73. The first kappa shape index (κ1) is 25.1. The number of fused-ring (bicyclic) bond motifs is 1. The summed E-state index contributed by atoms with van der Waals surface area (Å²) >= 11 is 1.48. The summed E-state index contributed by atoms with van der Waals surface area (Å²) < 4.78 is 7.31. The number of aromatic nitrogens is 3. The Hall–Kier alpha value is -3.56. The predicted octanol–water partition coefficient (Wildman–Crippen LogP) is 3.91. The van der Waals surface area contributed by atoms with Gasteiger partial charge in [-0.2, -0.15) is 0 Å². The van der Waals surface area contributed by atoms with Gasteiger partial charge in [-0.15, -0.1) is 16.4 Å². The van der Waals surface area contributed by atoms with E-state index in [4.69, 9.17) is 4.74 Å². The Kier molecular flexibility index (Phi) is 7.91. The lowest BCUT2D eigenvalue weighted by Crippen LogP contribution is -2.46. The highest BCUT2D eigenvalue weighted by Crippen LogP contribution is 2.27. The lowest BCUT2D eigenvalue weighted by molar-refractivity contribution is -0.141. The van der Waals surface area contributed by atoms with Crippen molar-refractivity contribution in [2.24, 2.45) is 0 Å². The second-order valence-electron chi connectivity index (χ2n) is 9.30. The summed E-state index contributed by atoms with van der Waals surface area (Å²) in [6.07, 6.45) is 2.59. The fourth-order valence-electron chi connectivity index (χ4n) is 4.77. The highest BCUT2D eigenvalue weighted by atomic mass is 32.1. The molecule has 4 aromatic rings. The van der Waals surface area contributed by atoms with Gasteiger partial charge in [0.05, 0.1) is 11.6 Å². The van der Waals surface area contributed by atoms with Crippen LogP contribution in [0.2, 0.25) is 0 Å². The Balaban J connectivity index is 1.43. The highest BCUT2D eigenvalue weighted by molar-refractivity contribution is 7.10. The molecule has 5 rings (SSSR count). The number of ether oxygens (including phenoxy) is 1. The third kappa shape index (κ3) is 5.89. The summed E-state index contributed by atoms with van der Waals surface area (Å²) in [5.74, 6) is -0.380. The fourth-order valence-corrected chi connectivity index (χ4v) is 5.60. The molecule has 0 spiro atoms. The number of aryl methyl sites for hydroxylation is 1. The molecule has 2 amide bonds. The van der Waals surface area contributed by atoms with Crippen LogP contribution >= 0.6 is 11.3 Å². The maximum absolute atomic E-state index is 13.9. The number of hydrogen-bond acceptors (Lipinski definition) is 6. The van der Waals surface area contributed by atoms with Crippen molar-refractivity contribution in [3.05, 3.63) is 82.0 Å². The van der Waals surface area contributed by atoms with E-state index in [1.165, 1.54) is 11.3 Å². The molecule has 37 heavy (non-hydrogen) atoms. The van der Waals surface area contributed by atoms with Crippen LogP contribution in [0.3, 0.4) is 0 Å². The summed E-state index contributed by atoms with van der Waals surface area (Å²) in [6.45, 7) is 3.62. The molecule has 1 aliphatic heterocycles. The van der Waals surface area contributed by atoms with Crippen molar-refractivity contribution in [2.45, 2.75) is 44.9 Å². The summed E-state index contributed by atoms with van der Waals surface area (Å²) in [5.41, 5.74) is 3.82. The lowest BCUT2D eigenvalue weighted by atomic mass is 10.0. The van der Waals surface area contributed by atoms with Crippen LogP contribution in [0.15, 0.2) is 66.0 Å². The van der Waals surface area contributed by atoms with Crippen LogP contribution in [0, 0.1) is 6.92 Å². The van der Waals surface area contributed by atoms with E-state index in [0.29, 0.717) is 19.5 Å². The van der Waals surface area contributed by atoms with Crippen molar-refractivity contribution in [3.8, 4) is 0 Å². The van der Waals surface area contributed by atoms with Gasteiger partial charge in [0, 0.05) is 24.6 Å². The van der Waals surface area contributed by atoms with Gasteiger partial charge in [0.25, 0.3) is 0 Å². The number of thiophene rings is 1. The van der Waals surface area contributed by atoms with E-state index in [-0.39, 0.29) is 24.5 Å². The Morgan fingerprint density at radius 1 is 1.16 bits per heavy atom. The van der Waals surface area contributed by atoms with Crippen LogP contribution in [0.1, 0.15) is 34.9 Å². The average molecular weight is 518 g/mol. The molecule has 0 unspecified atom stereocenters. The van der Waals surface area contributed by atoms with Crippen molar-refractivity contribution in [1.29, 1.82) is 0 Å². The monoisotopic (exact) mass is 517 g/mol. The van der Waals surface area contributed by atoms with E-state index in [1.54, 1.807) is 9.58 Å². The molecule has 1 saturated heterocycles. The zero-order valence-corrected chi connectivity index (χ0v) is 21.7. The highest BCUT2D eigenvalue weighted by Gasteiger charge is 2.33. The van der Waals surface area contributed by atoms with Gasteiger partial charge in [-0.05, 0) is 60.9 Å². The van der Waals surface area contributed by atoms with E-state index in [2.05, 4.69) is 34.7 Å². The normalized spacial score (nSPS) is 16.1. The fraction of sp³-hybridized carbons (Fsp3) is 0.357. The maximum Gasteiger partial charge on any atom is 0.248 e. The van der Waals surface area contributed by atoms with Gasteiger partial charge in [-0.3, -0.25) is 9.59 Å². The van der Waals surface area contributed by atoms with Crippen molar-refractivity contribution < 1.29 is 14.3 Å². The standard InChI is InChI=1S/C28H31N5O3S/c1-20-8-2-3-9-21(20)14-15-32(26(34)19-33-24-12-5-4-11-23(24)30-31-33)27(25-13-7-17-37-25)28(35)29-18-22-10-6-16-36-22/h2-5,7-9,11-13,17,22,27H,6,10,14-16,18-19H2,1H3,(H,29,35)/t22-,27-/m0/s1. The van der Waals surface area contributed by atoms with Gasteiger partial charge in [0.2, 0.25) is 11.8 Å². The minimum Gasteiger partial charge on any atom is -0.376 e. The zero-order valence-electron chi connectivity index (χ0n) is 20.9. The summed E-state index contributed by atoms with van der Waals surface area (Å²) in [6, 6.07) is 18.8. The molecule has 8 nitrogen and oxygen atoms in total. The van der Waals surface area contributed by atoms with E-state index >= 15 is 0 Å². The molecule has 2 aromatic carbocycles. The summed E-state index contributed by atoms with van der Waals surface area (Å²) in [4.78, 5) is 30.1. The van der Waals surface area contributed by atoms with Crippen LogP contribution in [0.25, 0.3) is 11.0 Å². The zero-order chi connectivity index (χ0) is 25.6. The first-order valence-corrected chi connectivity index (χ1v) is 13.5. The third-order valence-electron chi connectivity index (χ3n) is 6.81. The topological polar surface area (TPSA) is 89.4 Å². The number of carbonyl (C=O) groups is 2. The second-order valence-corrected chi connectivity index (χ2v) is 10.3. The quantitative estimate of drug-likeness (QED) is 0.345. The predicted molar refractivity (Wildman–Crippen MR) is 143 cm³/mol. The molecule has 192 valence electrons. The minimum absolute atomic E-state index is 0.00479. The van der Waals surface area contributed by atoms with E-state index in [9.17, 15) is 9.59 Å². The SMILES string of the molecule is Cc1ccccc1CCN(C(=O)Cn1nnc2ccccc21)[C@H](C(=O)NC[C@@H]1CCCO1)c1cccs1. The number of carbonyl (C=O) groups excluding carboxylic acids is 2. The Morgan fingerprint density at radius 3 is 2.78 bits per heavy atom. The maximum atomic E-state index is 13.9. The second kappa shape index (κ2) is 11.7. The molecule has 0 radical (unpaired) electrons. The summed E-state index contributed by atoms with van der Waals surface area (Å²) in [5, 5.41) is 13.4. The molecule has 1 aliphatic rings. The molecule has 0 bridgehead atoms. The number of hydrogen-bond donors (Lipinski definition) is 1. The van der Waals surface area contributed by atoms with Gasteiger partial charge in [0.15, 0.2) is 0 Å². The number of rotatable bonds is 10. The molecule has 9 heteroatoms. The van der Waals surface area contributed by atoms with Crippen molar-refractivity contribution in [1.82, 2.24) is 25.2 Å². The summed E-state index contributed by atoms with van der Waals surface area (Å²) in [7, 11) is 0. The van der Waals surface area contributed by atoms with E-state index < -0.39 is 6.04 Å². The van der Waals surface area contributed by atoms with Gasteiger partial charge in [-0.25, -0.2) is 4.68 Å². The molecule has 1 fully saturated rings. The van der Waals surface area contributed by atoms with Crippen molar-refractivity contribution in [3.63, 3.8) is 0 Å². The first-order chi connectivity index (χ1) is 18.1. The number of nitrogens with zero attached hydrogens (tertiary/aromatic N) is 4. The smallest absolute Gasteiger partial charge is 0.248 e. The molecular weight excluding hydrogens is 486 g/mol. The molecule has 0 aliphatic carbocycles. The first-order valence-electron chi connectivity index (χ1n) is 12.6. The van der Waals surface area contributed by atoms with Crippen LogP contribution in [-0.2, 0) is 27.3 Å². The van der Waals surface area contributed by atoms with Gasteiger partial charge in [0.1, 0.15) is 18.1 Å². The Bertz CT molecular complexity index is 1350. The molecule has 1 N–H and O–H groups in total. The lowest BCUT2D eigenvalue weighted by Gasteiger charge is -2.31. The minimum atomic E-state index is -0.743. The Labute approximate surface area is 220 Å².